The summed E-state index contributed by atoms with van der Waals surface area (Å²) in [5.74, 6) is -0.813. The van der Waals surface area contributed by atoms with Crippen molar-refractivity contribution >= 4 is 17.7 Å². The number of carboxylic acids is 1. The van der Waals surface area contributed by atoms with Crippen LogP contribution < -0.4 is 0 Å². The molecule has 0 bridgehead atoms. The average molecular weight is 235 g/mol. The lowest BCUT2D eigenvalue weighted by atomic mass is 10.1. The monoisotopic (exact) mass is 235 g/mol. The molecule has 4 heteroatoms. The molecule has 0 saturated heterocycles. The molecule has 0 aromatic heterocycles. The van der Waals surface area contributed by atoms with Gasteiger partial charge in [-0.05, 0) is 18.6 Å². The topological polar surface area (TPSA) is 61.1 Å². The molecule has 1 N–H and O–H groups in total. The summed E-state index contributed by atoms with van der Waals surface area (Å²) >= 11 is 1.45. The summed E-state index contributed by atoms with van der Waals surface area (Å²) in [5, 5.41) is 17.6. The van der Waals surface area contributed by atoms with Crippen molar-refractivity contribution < 1.29 is 9.90 Å². The number of nitriles is 1. The largest absolute Gasteiger partial charge is 0.481 e. The number of benzene rings is 1. The Morgan fingerprint density at radius 2 is 2.31 bits per heavy atom. The molecule has 1 aromatic rings. The molecule has 0 saturated carbocycles. The van der Waals surface area contributed by atoms with E-state index in [0.29, 0.717) is 5.56 Å². The van der Waals surface area contributed by atoms with Crippen LogP contribution in [0.1, 0.15) is 24.5 Å². The Balaban J connectivity index is 2.88. The van der Waals surface area contributed by atoms with Crippen molar-refractivity contribution in [2.75, 3.05) is 0 Å². The number of thioether (sulfide) groups is 1. The lowest BCUT2D eigenvalue weighted by molar-refractivity contribution is -0.136. The zero-order valence-electron chi connectivity index (χ0n) is 9.23. The van der Waals surface area contributed by atoms with Crippen LogP contribution in [0.15, 0.2) is 23.1 Å². The van der Waals surface area contributed by atoms with E-state index in [2.05, 4.69) is 6.07 Å². The Morgan fingerprint density at radius 1 is 1.62 bits per heavy atom. The lowest BCUT2D eigenvalue weighted by Gasteiger charge is -2.12. The quantitative estimate of drug-likeness (QED) is 0.815. The van der Waals surface area contributed by atoms with Crippen LogP contribution in [0.3, 0.4) is 0 Å². The molecule has 1 rings (SSSR count). The van der Waals surface area contributed by atoms with Crippen molar-refractivity contribution in [1.29, 1.82) is 5.26 Å². The van der Waals surface area contributed by atoms with E-state index in [1.807, 2.05) is 26.0 Å². The Hall–Kier alpha value is -1.47. The van der Waals surface area contributed by atoms with E-state index in [9.17, 15) is 4.79 Å². The standard InChI is InChI=1S/C12H13NO2S/c1-8-4-3-5-10(7-13)12(8)16-9(2)6-11(14)15/h3-5,9H,6H2,1-2H3,(H,14,15). The van der Waals surface area contributed by atoms with Gasteiger partial charge in [0.25, 0.3) is 0 Å². The fourth-order valence-electron chi connectivity index (χ4n) is 1.39. The third-order valence-corrected chi connectivity index (χ3v) is 3.46. The summed E-state index contributed by atoms with van der Waals surface area (Å²) < 4.78 is 0. The van der Waals surface area contributed by atoms with Crippen molar-refractivity contribution in [3.8, 4) is 6.07 Å². The summed E-state index contributed by atoms with van der Waals surface area (Å²) in [6, 6.07) is 7.64. The second kappa shape index (κ2) is 5.57. The van der Waals surface area contributed by atoms with Gasteiger partial charge >= 0.3 is 5.97 Å². The Labute approximate surface area is 99.1 Å². The van der Waals surface area contributed by atoms with Crippen LogP contribution in [0.5, 0.6) is 0 Å². The molecule has 1 unspecified atom stereocenters. The second-order valence-electron chi connectivity index (χ2n) is 3.59. The number of carbonyl (C=O) groups is 1. The van der Waals surface area contributed by atoms with Gasteiger partial charge in [0.2, 0.25) is 0 Å². The van der Waals surface area contributed by atoms with Gasteiger partial charge in [0.05, 0.1) is 12.0 Å². The highest BCUT2D eigenvalue weighted by molar-refractivity contribution is 8.00. The van der Waals surface area contributed by atoms with Crippen LogP contribution in [0, 0.1) is 18.3 Å². The van der Waals surface area contributed by atoms with E-state index >= 15 is 0 Å². The summed E-state index contributed by atoms with van der Waals surface area (Å²) in [7, 11) is 0. The first-order chi connectivity index (χ1) is 7.54. The van der Waals surface area contributed by atoms with Gasteiger partial charge in [0.15, 0.2) is 0 Å². The molecule has 0 amide bonds. The van der Waals surface area contributed by atoms with Crippen molar-refractivity contribution in [3.63, 3.8) is 0 Å². The molecule has 84 valence electrons. The molecule has 0 heterocycles. The van der Waals surface area contributed by atoms with Gasteiger partial charge in [0.1, 0.15) is 6.07 Å². The number of rotatable bonds is 4. The first kappa shape index (κ1) is 12.6. The minimum absolute atomic E-state index is 0.0364. The SMILES string of the molecule is Cc1cccc(C#N)c1SC(C)CC(=O)O. The van der Waals surface area contributed by atoms with E-state index in [0.717, 1.165) is 10.5 Å². The minimum atomic E-state index is -0.813. The highest BCUT2D eigenvalue weighted by atomic mass is 32.2. The molecular weight excluding hydrogens is 222 g/mol. The molecule has 0 aliphatic carbocycles. The molecule has 3 nitrogen and oxygen atoms in total. The average Bonchev–Trinajstić information content (AvgIpc) is 2.20. The predicted octanol–water partition coefficient (Wildman–Crippen LogP) is 2.82. The van der Waals surface area contributed by atoms with Gasteiger partial charge in [0, 0.05) is 10.1 Å². The van der Waals surface area contributed by atoms with Crippen LogP contribution >= 0.6 is 11.8 Å². The number of aryl methyl sites for hydroxylation is 1. The fourth-order valence-corrected chi connectivity index (χ4v) is 2.51. The second-order valence-corrected chi connectivity index (χ2v) is 5.04. The minimum Gasteiger partial charge on any atom is -0.481 e. The van der Waals surface area contributed by atoms with Crippen LogP contribution in [0.4, 0.5) is 0 Å². The summed E-state index contributed by atoms with van der Waals surface area (Å²) in [4.78, 5) is 11.4. The highest BCUT2D eigenvalue weighted by Gasteiger charge is 2.13. The maximum absolute atomic E-state index is 10.6. The first-order valence-corrected chi connectivity index (χ1v) is 5.80. The first-order valence-electron chi connectivity index (χ1n) is 4.92. The van der Waals surface area contributed by atoms with Crippen molar-refractivity contribution in [3.05, 3.63) is 29.3 Å². The van der Waals surface area contributed by atoms with Crippen molar-refractivity contribution in [1.82, 2.24) is 0 Å². The molecule has 0 radical (unpaired) electrons. The van der Waals surface area contributed by atoms with Crippen LogP contribution in [0.25, 0.3) is 0 Å². The third-order valence-electron chi connectivity index (χ3n) is 2.11. The summed E-state index contributed by atoms with van der Waals surface area (Å²) in [6.07, 6.45) is 0.101. The Morgan fingerprint density at radius 3 is 2.88 bits per heavy atom. The normalized spacial score (nSPS) is 11.8. The maximum atomic E-state index is 10.6. The van der Waals surface area contributed by atoms with Crippen LogP contribution in [-0.2, 0) is 4.79 Å². The van der Waals surface area contributed by atoms with Crippen LogP contribution in [-0.4, -0.2) is 16.3 Å². The number of aliphatic carboxylic acids is 1. The van der Waals surface area contributed by atoms with Gasteiger partial charge in [-0.1, -0.05) is 19.1 Å². The number of nitrogens with zero attached hydrogens (tertiary/aromatic N) is 1. The van der Waals surface area contributed by atoms with Gasteiger partial charge < -0.3 is 5.11 Å². The van der Waals surface area contributed by atoms with Crippen molar-refractivity contribution in [2.45, 2.75) is 30.4 Å². The maximum Gasteiger partial charge on any atom is 0.304 e. The Kier molecular flexibility index (Phi) is 4.39. The third kappa shape index (κ3) is 3.28. The van der Waals surface area contributed by atoms with E-state index in [1.165, 1.54) is 11.8 Å². The number of hydrogen-bond donors (Lipinski definition) is 1. The molecule has 1 aromatic carbocycles. The smallest absolute Gasteiger partial charge is 0.304 e. The van der Waals surface area contributed by atoms with E-state index < -0.39 is 5.97 Å². The van der Waals surface area contributed by atoms with Crippen LogP contribution in [0.2, 0.25) is 0 Å². The molecule has 16 heavy (non-hydrogen) atoms. The molecule has 0 spiro atoms. The van der Waals surface area contributed by atoms with Gasteiger partial charge in [-0.3, -0.25) is 4.79 Å². The molecular formula is C12H13NO2S. The van der Waals surface area contributed by atoms with E-state index in [-0.39, 0.29) is 11.7 Å². The summed E-state index contributed by atoms with van der Waals surface area (Å²) in [5.41, 5.74) is 1.63. The molecule has 0 fully saturated rings. The number of hydrogen-bond acceptors (Lipinski definition) is 3. The van der Waals surface area contributed by atoms with Gasteiger partial charge in [-0.2, -0.15) is 5.26 Å². The van der Waals surface area contributed by atoms with Gasteiger partial charge in [-0.15, -0.1) is 11.8 Å². The number of carboxylic acid groups (broad SMARTS) is 1. The molecule has 1 atom stereocenters. The molecule has 0 aliphatic rings. The predicted molar refractivity (Wildman–Crippen MR) is 63.5 cm³/mol. The highest BCUT2D eigenvalue weighted by Crippen LogP contribution is 2.30. The zero-order chi connectivity index (χ0) is 12.1. The Bertz CT molecular complexity index is 437. The van der Waals surface area contributed by atoms with E-state index in [4.69, 9.17) is 10.4 Å². The van der Waals surface area contributed by atoms with Gasteiger partial charge in [-0.25, -0.2) is 0 Å². The fraction of sp³-hybridized carbons (Fsp3) is 0.333. The lowest BCUT2D eigenvalue weighted by Crippen LogP contribution is -2.06. The van der Waals surface area contributed by atoms with E-state index in [1.54, 1.807) is 6.07 Å². The molecule has 0 aliphatic heterocycles. The summed E-state index contributed by atoms with van der Waals surface area (Å²) in [6.45, 7) is 3.78. The zero-order valence-corrected chi connectivity index (χ0v) is 10.0. The van der Waals surface area contributed by atoms with Crippen molar-refractivity contribution in [2.24, 2.45) is 0 Å².